The molecule has 340 valence electrons. The van der Waals surface area contributed by atoms with Crippen molar-refractivity contribution in [3.8, 4) is 56.1 Å². The normalized spacial score (nSPS) is 12.1. The summed E-state index contributed by atoms with van der Waals surface area (Å²) in [6.07, 6.45) is 0. The molecule has 0 spiro atoms. The largest absolute Gasteiger partial charge is 0.455 e. The monoisotopic (exact) mass is 952 g/mol. The molecule has 0 aliphatic rings. The third kappa shape index (κ3) is 5.94. The van der Waals surface area contributed by atoms with Crippen molar-refractivity contribution in [2.24, 2.45) is 0 Å². The smallest absolute Gasteiger partial charge is 0.238 e. The number of hydrogen-bond acceptors (Lipinski definition) is 7. The van der Waals surface area contributed by atoms with E-state index in [-0.39, 0.29) is 0 Å². The molecule has 0 bridgehead atoms. The Balaban J connectivity index is 0.964. The topological polar surface area (TPSA) is 87.7 Å². The van der Waals surface area contributed by atoms with Crippen LogP contribution in [-0.4, -0.2) is 29.1 Å². The Kier molecular flexibility index (Phi) is 8.45. The summed E-state index contributed by atoms with van der Waals surface area (Å²) in [6, 6.07) is 76.2. The van der Waals surface area contributed by atoms with Gasteiger partial charge in [0.25, 0.3) is 0 Å². The lowest BCUT2D eigenvalue weighted by Crippen LogP contribution is -2.07. The minimum atomic E-state index is 0.472. The van der Waals surface area contributed by atoms with E-state index in [4.69, 9.17) is 28.8 Å². The molecule has 16 rings (SSSR count). The number of nitrogens with zero attached hydrogens (tertiary/aromatic N) is 6. The van der Waals surface area contributed by atoms with Gasteiger partial charge in [-0.2, -0.15) is 9.97 Å². The van der Waals surface area contributed by atoms with Gasteiger partial charge in [-0.3, -0.25) is 4.57 Å². The van der Waals surface area contributed by atoms with Crippen LogP contribution in [0.5, 0.6) is 0 Å². The summed E-state index contributed by atoms with van der Waals surface area (Å²) in [7, 11) is 0. The molecular formula is C64H36N6O2S. The first-order valence-corrected chi connectivity index (χ1v) is 25.1. The van der Waals surface area contributed by atoms with Gasteiger partial charge < -0.3 is 13.4 Å². The van der Waals surface area contributed by atoms with Crippen LogP contribution in [0.25, 0.3) is 154 Å². The van der Waals surface area contributed by atoms with E-state index in [0.717, 1.165) is 120 Å². The van der Waals surface area contributed by atoms with Crippen LogP contribution in [0.15, 0.2) is 227 Å². The summed E-state index contributed by atoms with van der Waals surface area (Å²) >= 11 is 1.74. The zero-order valence-electron chi connectivity index (χ0n) is 38.7. The van der Waals surface area contributed by atoms with Crippen LogP contribution in [0, 0.1) is 0 Å². The average Bonchev–Trinajstić information content (AvgIpc) is 4.30. The second-order valence-corrected chi connectivity index (χ2v) is 19.5. The van der Waals surface area contributed by atoms with E-state index in [2.05, 4.69) is 173 Å². The number of aromatic nitrogens is 6. The van der Waals surface area contributed by atoms with Gasteiger partial charge in [0.05, 0.1) is 43.4 Å². The lowest BCUT2D eigenvalue weighted by Gasteiger charge is -2.14. The molecule has 6 aromatic heterocycles. The molecule has 0 aliphatic carbocycles. The van der Waals surface area contributed by atoms with E-state index in [9.17, 15) is 0 Å². The van der Waals surface area contributed by atoms with Gasteiger partial charge in [-0.05, 0) is 60.2 Å². The van der Waals surface area contributed by atoms with Crippen molar-refractivity contribution < 1.29 is 8.83 Å². The molecule has 73 heavy (non-hydrogen) atoms. The van der Waals surface area contributed by atoms with Crippen molar-refractivity contribution >= 4 is 109 Å². The summed E-state index contributed by atoms with van der Waals surface area (Å²) in [6.45, 7) is 0. The number of furan rings is 2. The highest BCUT2D eigenvalue weighted by atomic mass is 32.1. The molecule has 0 N–H and O–H groups in total. The molecule has 10 aromatic carbocycles. The second kappa shape index (κ2) is 15.4. The van der Waals surface area contributed by atoms with Crippen molar-refractivity contribution in [3.05, 3.63) is 218 Å². The Labute approximate surface area is 419 Å². The van der Waals surface area contributed by atoms with Gasteiger partial charge in [0, 0.05) is 59.9 Å². The maximum Gasteiger partial charge on any atom is 0.238 e. The summed E-state index contributed by atoms with van der Waals surface area (Å²) in [5.41, 5.74) is 14.1. The first-order chi connectivity index (χ1) is 36.2. The molecule has 0 atom stereocenters. The molecule has 6 heterocycles. The van der Waals surface area contributed by atoms with Crippen molar-refractivity contribution in [1.82, 2.24) is 29.1 Å². The van der Waals surface area contributed by atoms with E-state index in [1.54, 1.807) is 11.3 Å². The fourth-order valence-corrected chi connectivity index (χ4v) is 12.3. The number of para-hydroxylation sites is 6. The zero-order valence-corrected chi connectivity index (χ0v) is 39.5. The van der Waals surface area contributed by atoms with Crippen LogP contribution in [0.4, 0.5) is 0 Å². The predicted molar refractivity (Wildman–Crippen MR) is 298 cm³/mol. The third-order valence-electron chi connectivity index (χ3n) is 14.5. The van der Waals surface area contributed by atoms with Crippen LogP contribution in [0.2, 0.25) is 0 Å². The first kappa shape index (κ1) is 40.1. The molecule has 0 saturated carbocycles. The zero-order chi connectivity index (χ0) is 47.7. The lowest BCUT2D eigenvalue weighted by molar-refractivity contribution is 0.669. The molecule has 0 amide bonds. The van der Waals surface area contributed by atoms with E-state index in [1.165, 1.54) is 4.70 Å². The molecule has 0 fully saturated rings. The van der Waals surface area contributed by atoms with Crippen molar-refractivity contribution in [2.75, 3.05) is 0 Å². The molecule has 0 unspecified atom stereocenters. The highest BCUT2D eigenvalue weighted by Crippen LogP contribution is 2.44. The Hall–Kier alpha value is -9.70. The molecule has 9 heteroatoms. The SMILES string of the molecule is c1ccc(-c2nc3cccc(-c4ccc(-n5c6ccccc6c6ccc7c8ccccc8n(-c8nc(-c9cccc%10c9oc9ccccc9%10)nc(-c9cccc%10c9oc9ccccc9%10)n8)c7c65)cc4)c3s2)cc1. The van der Waals surface area contributed by atoms with E-state index < -0.39 is 0 Å². The standard InChI is InChI=1S/C64H36N6O2S/c1-2-15-38(16-3-1)63-65-51-26-14-21-40(60(51)73-63)37-31-33-39(34-32-37)69-52-27-8-4-17-41(52)45-35-36-46-42-18-5-9-28-53(42)70(57(46)56(45)69)64-67-61(49-24-12-22-47-43-19-6-10-29-54(43)71-58(47)49)66-62(68-64)50-25-13-23-48-44-20-7-11-30-55(44)72-59(48)50/h1-36H. The fraction of sp³-hybridized carbons (Fsp3) is 0. The van der Waals surface area contributed by atoms with E-state index in [1.807, 2.05) is 54.6 Å². The van der Waals surface area contributed by atoms with Gasteiger partial charge in [0.15, 0.2) is 11.6 Å². The lowest BCUT2D eigenvalue weighted by atomic mass is 10.0. The van der Waals surface area contributed by atoms with Crippen LogP contribution in [0.3, 0.4) is 0 Å². The van der Waals surface area contributed by atoms with Crippen LogP contribution in [-0.2, 0) is 0 Å². The number of rotatable bonds is 6. The van der Waals surface area contributed by atoms with Crippen molar-refractivity contribution in [2.45, 2.75) is 0 Å². The predicted octanol–water partition coefficient (Wildman–Crippen LogP) is 17.1. The third-order valence-corrected chi connectivity index (χ3v) is 15.6. The van der Waals surface area contributed by atoms with Crippen molar-refractivity contribution in [1.29, 1.82) is 0 Å². The minimum Gasteiger partial charge on any atom is -0.455 e. The second-order valence-electron chi connectivity index (χ2n) is 18.5. The number of fused-ring (bicyclic) bond motifs is 14. The molecule has 16 aromatic rings. The molecule has 0 aliphatic heterocycles. The van der Waals surface area contributed by atoms with E-state index >= 15 is 0 Å². The number of hydrogen-bond donors (Lipinski definition) is 0. The van der Waals surface area contributed by atoms with Crippen LogP contribution < -0.4 is 0 Å². The Bertz CT molecular complexity index is 4790. The van der Waals surface area contributed by atoms with Crippen LogP contribution >= 0.6 is 11.3 Å². The Morgan fingerprint density at radius 2 is 0.849 bits per heavy atom. The fourth-order valence-electron chi connectivity index (χ4n) is 11.2. The van der Waals surface area contributed by atoms with Gasteiger partial charge in [-0.25, -0.2) is 9.97 Å². The molecule has 0 saturated heterocycles. The highest BCUT2D eigenvalue weighted by molar-refractivity contribution is 7.22. The molecule has 8 nitrogen and oxygen atoms in total. The summed E-state index contributed by atoms with van der Waals surface area (Å²) in [5.74, 6) is 1.44. The van der Waals surface area contributed by atoms with Gasteiger partial charge in [-0.15, -0.1) is 11.3 Å². The number of benzene rings is 10. The average molecular weight is 953 g/mol. The number of thiazole rings is 1. The van der Waals surface area contributed by atoms with Crippen LogP contribution in [0.1, 0.15) is 0 Å². The van der Waals surface area contributed by atoms with Gasteiger partial charge in [0.1, 0.15) is 27.3 Å². The van der Waals surface area contributed by atoms with Crippen molar-refractivity contribution in [3.63, 3.8) is 0 Å². The Morgan fingerprint density at radius 3 is 1.48 bits per heavy atom. The summed E-state index contributed by atoms with van der Waals surface area (Å²) < 4.78 is 19.1. The van der Waals surface area contributed by atoms with E-state index in [0.29, 0.717) is 28.8 Å². The highest BCUT2D eigenvalue weighted by Gasteiger charge is 2.26. The summed E-state index contributed by atoms with van der Waals surface area (Å²) in [4.78, 5) is 21.4. The first-order valence-electron chi connectivity index (χ1n) is 24.3. The Morgan fingerprint density at radius 1 is 0.342 bits per heavy atom. The summed E-state index contributed by atoms with van der Waals surface area (Å²) in [5, 5.41) is 9.49. The quantitative estimate of drug-likeness (QED) is 0.165. The minimum absolute atomic E-state index is 0.472. The van der Waals surface area contributed by atoms with Gasteiger partial charge in [-0.1, -0.05) is 164 Å². The van der Waals surface area contributed by atoms with Gasteiger partial charge in [0.2, 0.25) is 5.95 Å². The maximum absolute atomic E-state index is 6.67. The van der Waals surface area contributed by atoms with Gasteiger partial charge >= 0.3 is 0 Å². The maximum atomic E-state index is 6.67. The molecular weight excluding hydrogens is 917 g/mol. The molecule has 0 radical (unpaired) electrons.